The predicted octanol–water partition coefficient (Wildman–Crippen LogP) is 2.38. The summed E-state index contributed by atoms with van der Waals surface area (Å²) in [6, 6.07) is -4.43. The Morgan fingerprint density at radius 2 is 0.788 bits per heavy atom. The van der Waals surface area contributed by atoms with E-state index in [1.807, 2.05) is 6.29 Å². The Bertz CT molecular complexity index is 1880. The summed E-state index contributed by atoms with van der Waals surface area (Å²) in [5, 5.41) is 55.6. The first-order chi connectivity index (χ1) is 40.0. The van der Waals surface area contributed by atoms with E-state index in [-0.39, 0.29) is 152 Å². The summed E-state index contributed by atoms with van der Waals surface area (Å²) in [5.74, 6) is -7.29. The number of ether oxygens (including phenoxy) is 4. The monoisotopic (exact) mass is 1440 g/mol. The zero-order valence-corrected chi connectivity index (χ0v) is 53.5. The molecule has 13 N–H and O–H groups in total. The van der Waals surface area contributed by atoms with Crippen molar-refractivity contribution in [1.29, 1.82) is 0 Å². The van der Waals surface area contributed by atoms with Crippen LogP contribution in [0, 0.1) is 35.9 Å². The molecule has 1 fully saturated rings. The summed E-state index contributed by atoms with van der Waals surface area (Å²) in [6.07, 6.45) is 22.6. The average Bonchev–Trinajstić information content (AvgIpc) is 4.05. The number of unbranched alkanes of at least 4 members (excludes halogenated alkanes) is 14. The maximum Gasteiger partial charge on any atom is 0.326 e. The first-order valence-electron chi connectivity index (χ1n) is 30.0. The zero-order chi connectivity index (χ0) is 61.1. The number of aliphatic carboxylic acids is 4. The molecule has 0 heterocycles. The first kappa shape index (κ1) is 82.2. The topological polar surface area (TPSA) is 421 Å². The van der Waals surface area contributed by atoms with E-state index in [0.717, 1.165) is 70.8 Å². The van der Waals surface area contributed by atoms with Gasteiger partial charge in [-0.05, 0) is 63.8 Å². The fourth-order valence-corrected chi connectivity index (χ4v) is 9.00. The van der Waals surface area contributed by atoms with Crippen molar-refractivity contribution in [1.82, 2.24) is 37.2 Å². The second kappa shape index (κ2) is 55.7. The van der Waals surface area contributed by atoms with Crippen LogP contribution in [0.2, 0.25) is 0 Å². The molecule has 85 heavy (non-hydrogen) atoms. The van der Waals surface area contributed by atoms with E-state index >= 15 is 0 Å². The van der Waals surface area contributed by atoms with E-state index in [2.05, 4.69) is 37.2 Å². The van der Waals surface area contributed by atoms with Crippen molar-refractivity contribution in [3.05, 3.63) is 0 Å². The van der Waals surface area contributed by atoms with Gasteiger partial charge in [-0.2, -0.15) is 0 Å². The van der Waals surface area contributed by atoms with Crippen molar-refractivity contribution >= 4 is 65.6 Å². The van der Waals surface area contributed by atoms with Gasteiger partial charge in [0.1, 0.15) is 31.3 Å². The van der Waals surface area contributed by atoms with Gasteiger partial charge >= 0.3 is 23.9 Å². The summed E-state index contributed by atoms with van der Waals surface area (Å²) < 4.78 is 21.2. The molecule has 0 aromatic rings. The van der Waals surface area contributed by atoms with Crippen molar-refractivity contribution in [2.24, 2.45) is 5.92 Å². The molecule has 1 aliphatic rings. The maximum atomic E-state index is 12.5. The molecule has 0 spiro atoms. The summed E-state index contributed by atoms with van der Waals surface area (Å²) in [4.78, 5) is 131. The second-order valence-electron chi connectivity index (χ2n) is 20.9. The second-order valence-corrected chi connectivity index (χ2v) is 20.9. The fourth-order valence-electron chi connectivity index (χ4n) is 9.00. The average molecular weight is 1440 g/mol. The number of nitrogens with one attached hydrogen (secondary N) is 7. The largest absolute Gasteiger partial charge is 0.540 e. The Labute approximate surface area is 523 Å². The van der Waals surface area contributed by atoms with Gasteiger partial charge in [-0.1, -0.05) is 109 Å². The summed E-state index contributed by atoms with van der Waals surface area (Å²) >= 11 is 0. The Morgan fingerprint density at radius 1 is 0.412 bits per heavy atom. The molecule has 6 amide bonds. The number of hydrogen-bond donors (Lipinski definition) is 11. The van der Waals surface area contributed by atoms with Gasteiger partial charge in [0.15, 0.2) is 0 Å². The number of carboxylic acids is 4. The van der Waals surface area contributed by atoms with Crippen molar-refractivity contribution in [2.75, 3.05) is 79.0 Å². The van der Waals surface area contributed by atoms with Crippen LogP contribution >= 0.6 is 0 Å². The number of carbonyl (C=O) groups is 10. The standard InChI is InChI=1S/C57H98N7O19.Np.H2O/c65-40-44(61-39-43-19-15-16-20-43)21-17-18-30-58-48(66)27-24-46(56(76)77)63-51(69)29-26-47(57(78)79)64-53(71)42-83-38-36-81-34-32-60-52(70)41-82-37-35-80-33-31-59-49(67)28-25-45(55(74)75)62-50(68)22-13-11-9-7-5-3-1-2-4-6-8-10-12-14-23-54(72)73;;/h43-47,61H,1-39,41-42H2,(H,58,66)(H,59,67)(H,60,70)(H,62,68)(H,63,69)(H,64,71)(H,72,73)(H,74,75)(H,76,77)(H,78,79);;1H2/q-1;;/t44-,45-,46-,47-;;/m0../s1. The van der Waals surface area contributed by atoms with Crippen LogP contribution in [0.5, 0.6) is 0 Å². The molecule has 0 aliphatic heterocycles. The summed E-state index contributed by atoms with van der Waals surface area (Å²) in [6.45, 7) is 1.13. The van der Waals surface area contributed by atoms with E-state index in [1.54, 1.807) is 0 Å². The molecule has 28 heteroatoms. The van der Waals surface area contributed by atoms with Crippen molar-refractivity contribution in [2.45, 2.75) is 210 Å². The molecular weight excluding hydrogens is 1340 g/mol. The Kier molecular flexibility index (Phi) is 53.9. The SMILES string of the molecule is O.O=[C-][C@H](CCCCNC(=O)CC[C@H](NC(=O)CC[C@H](NC(=O)COCCOCCNC(=O)COCCOCCNC(=O)CC[C@H](NC(=O)CCCCCCCCCCCCCCCCC(=O)O)C(=O)O)C(=O)O)C(=O)O)NCC1CCCC1.[Np]. The third kappa shape index (κ3) is 49.9. The maximum absolute atomic E-state index is 12.5. The number of carboxylic acid groups (broad SMARTS) is 4. The van der Waals surface area contributed by atoms with E-state index in [1.165, 1.54) is 44.9 Å². The molecular formula is C57H100N7NpO20-. The molecule has 1 aliphatic carbocycles. The molecule has 0 bridgehead atoms. The Morgan fingerprint density at radius 3 is 1.24 bits per heavy atom. The summed E-state index contributed by atoms with van der Waals surface area (Å²) in [7, 11) is 0. The number of rotatable bonds is 57. The number of carbonyl (C=O) groups excluding carboxylic acids is 7. The quantitative estimate of drug-likeness (QED) is 0.0307. The Balaban J connectivity index is 0. The van der Waals surface area contributed by atoms with Crippen molar-refractivity contribution in [3.8, 4) is 0 Å². The molecule has 0 unspecified atom stereocenters. The van der Waals surface area contributed by atoms with Gasteiger partial charge in [0.2, 0.25) is 35.4 Å². The van der Waals surface area contributed by atoms with Gasteiger partial charge in [-0.15, -0.1) is 0 Å². The van der Waals surface area contributed by atoms with Crippen LogP contribution in [0.3, 0.4) is 0 Å². The van der Waals surface area contributed by atoms with Gasteiger partial charge in [0, 0.05) is 81.7 Å². The molecule has 489 valence electrons. The van der Waals surface area contributed by atoms with E-state index < -0.39 is 84.6 Å². The molecule has 1 rings (SSSR count). The van der Waals surface area contributed by atoms with E-state index in [0.29, 0.717) is 38.1 Å². The normalized spacial score (nSPS) is 13.4. The Hall–Kier alpha value is -4.86. The molecule has 1 radical (unpaired) electrons. The van der Waals surface area contributed by atoms with Crippen molar-refractivity contribution in [3.63, 3.8) is 0 Å². The van der Waals surface area contributed by atoms with Crippen LogP contribution in [0.1, 0.15) is 186 Å². The van der Waals surface area contributed by atoms with Crippen LogP contribution in [-0.4, -0.2) is 195 Å². The van der Waals surface area contributed by atoms with Gasteiger partial charge < -0.3 is 86.9 Å². The van der Waals surface area contributed by atoms with Crippen LogP contribution in [0.15, 0.2) is 0 Å². The predicted molar refractivity (Wildman–Crippen MR) is 307 cm³/mol. The number of amides is 6. The van der Waals surface area contributed by atoms with E-state index in [9.17, 15) is 68.1 Å². The molecule has 0 aromatic heterocycles. The zero-order valence-electron chi connectivity index (χ0n) is 49.7. The third-order valence-corrected chi connectivity index (χ3v) is 13.8. The van der Waals surface area contributed by atoms with Crippen LogP contribution in [0.25, 0.3) is 0 Å². The minimum atomic E-state index is -1.48. The molecule has 4 atom stereocenters. The fraction of sp³-hybridized carbons (Fsp3) is 0.807. The first-order valence-corrected chi connectivity index (χ1v) is 30.0. The van der Waals surface area contributed by atoms with Crippen LogP contribution < -0.4 is 37.2 Å². The molecule has 27 nitrogen and oxygen atoms in total. The molecule has 1 saturated carbocycles. The van der Waals surface area contributed by atoms with Gasteiger partial charge in [0.05, 0.1) is 39.6 Å². The molecule has 0 aromatic carbocycles. The van der Waals surface area contributed by atoms with Gasteiger partial charge in [-0.25, -0.2) is 20.7 Å². The van der Waals surface area contributed by atoms with E-state index in [4.69, 9.17) is 24.1 Å². The smallest absolute Gasteiger partial charge is 0.326 e. The van der Waals surface area contributed by atoms with Crippen molar-refractivity contribution < 1.29 is 128 Å². The minimum absolute atomic E-state index is 0. The molecule has 0 saturated heterocycles. The van der Waals surface area contributed by atoms with Gasteiger partial charge in [0.25, 0.3) is 0 Å². The third-order valence-electron chi connectivity index (χ3n) is 13.8. The van der Waals surface area contributed by atoms with Crippen LogP contribution in [-0.2, 0) is 71.7 Å². The van der Waals surface area contributed by atoms with Gasteiger partial charge in [-0.3, -0.25) is 33.6 Å². The van der Waals surface area contributed by atoms with Crippen LogP contribution in [0.4, 0.5) is 0 Å². The number of hydrogen-bond acceptors (Lipinski definition) is 16. The summed E-state index contributed by atoms with van der Waals surface area (Å²) in [5.41, 5.74) is 0. The minimum Gasteiger partial charge on any atom is -0.540 e.